The lowest BCUT2D eigenvalue weighted by molar-refractivity contribution is -0.146. The van der Waals surface area contributed by atoms with Crippen molar-refractivity contribution >= 4 is 29.9 Å². The minimum atomic E-state index is -0.796. The fourth-order valence-corrected chi connectivity index (χ4v) is 4.31. The molecule has 2 fully saturated rings. The summed E-state index contributed by atoms with van der Waals surface area (Å²) >= 11 is 0. The van der Waals surface area contributed by atoms with Crippen LogP contribution in [0, 0.1) is 5.82 Å². The van der Waals surface area contributed by atoms with Gasteiger partial charge in [0.2, 0.25) is 5.91 Å². The summed E-state index contributed by atoms with van der Waals surface area (Å²) in [5.74, 6) is -0.797. The molecule has 2 amide bonds. The fraction of sp³-hybridized carbons (Fsp3) is 0.450. The Kier molecular flexibility index (Phi) is 6.24. The fourth-order valence-electron chi connectivity index (χ4n) is 4.31. The third kappa shape index (κ3) is 3.62. The molecule has 9 heteroatoms. The highest BCUT2D eigenvalue weighted by molar-refractivity contribution is 6.02. The number of anilines is 1. The molecule has 2 aliphatic rings. The van der Waals surface area contributed by atoms with E-state index in [9.17, 15) is 14.0 Å². The van der Waals surface area contributed by atoms with Gasteiger partial charge in [-0.1, -0.05) is 12.1 Å². The van der Waals surface area contributed by atoms with Crippen molar-refractivity contribution in [3.8, 4) is 0 Å². The topological polar surface area (TPSA) is 70.5 Å². The van der Waals surface area contributed by atoms with Crippen LogP contribution in [0.5, 0.6) is 0 Å². The van der Waals surface area contributed by atoms with Gasteiger partial charge in [-0.25, -0.2) is 4.39 Å². The van der Waals surface area contributed by atoms with Crippen molar-refractivity contribution < 1.29 is 14.0 Å². The molecule has 2 aromatic rings. The molecule has 7 nitrogen and oxygen atoms in total. The average molecular weight is 422 g/mol. The number of rotatable bonds is 4. The van der Waals surface area contributed by atoms with Gasteiger partial charge in [-0.3, -0.25) is 14.3 Å². The molecule has 2 aliphatic heterocycles. The van der Waals surface area contributed by atoms with Gasteiger partial charge in [0, 0.05) is 26.0 Å². The lowest BCUT2D eigenvalue weighted by atomic mass is 9.86. The van der Waals surface area contributed by atoms with Gasteiger partial charge < -0.3 is 15.1 Å². The number of para-hydroxylation sites is 1. The van der Waals surface area contributed by atoms with E-state index in [4.69, 9.17) is 0 Å². The van der Waals surface area contributed by atoms with Crippen molar-refractivity contribution in [1.29, 1.82) is 0 Å². The Morgan fingerprint density at radius 3 is 2.66 bits per heavy atom. The largest absolute Gasteiger partial charge is 0.332 e. The van der Waals surface area contributed by atoms with Crippen LogP contribution >= 0.6 is 12.4 Å². The van der Waals surface area contributed by atoms with Crippen molar-refractivity contribution in [2.24, 2.45) is 0 Å². The average Bonchev–Trinajstić information content (AvgIpc) is 3.38. The van der Waals surface area contributed by atoms with Crippen LogP contribution in [-0.4, -0.2) is 59.2 Å². The van der Waals surface area contributed by atoms with Gasteiger partial charge >= 0.3 is 0 Å². The number of likely N-dealkylation sites (N-methyl/N-ethyl adjacent to an activating group) is 1. The zero-order chi connectivity index (χ0) is 19.7. The second-order valence-corrected chi connectivity index (χ2v) is 7.39. The molecule has 1 N–H and O–H groups in total. The van der Waals surface area contributed by atoms with Crippen molar-refractivity contribution in [2.75, 3.05) is 31.6 Å². The molecule has 29 heavy (non-hydrogen) atoms. The van der Waals surface area contributed by atoms with Crippen molar-refractivity contribution in [3.63, 3.8) is 0 Å². The molecule has 0 spiro atoms. The first-order valence-electron chi connectivity index (χ1n) is 9.58. The third-order valence-corrected chi connectivity index (χ3v) is 5.88. The van der Waals surface area contributed by atoms with E-state index in [0.717, 1.165) is 0 Å². The zero-order valence-corrected chi connectivity index (χ0v) is 17.1. The molecule has 1 aromatic carbocycles. The van der Waals surface area contributed by atoms with Crippen LogP contribution in [0.3, 0.4) is 0 Å². The molecule has 0 saturated carbocycles. The number of amides is 2. The number of benzene rings is 1. The number of carbonyl (C=O) groups excluding carboxylic acids is 2. The number of hydrogen-bond acceptors (Lipinski definition) is 4. The Hall–Kier alpha value is -2.45. The van der Waals surface area contributed by atoms with Crippen molar-refractivity contribution in [2.45, 2.75) is 30.8 Å². The number of aromatic nitrogens is 2. The summed E-state index contributed by atoms with van der Waals surface area (Å²) in [5, 5.41) is 7.61. The number of carbonyl (C=O) groups is 2. The second-order valence-electron chi connectivity index (χ2n) is 7.39. The van der Waals surface area contributed by atoms with Crippen molar-refractivity contribution in [1.82, 2.24) is 20.0 Å². The van der Waals surface area contributed by atoms with Gasteiger partial charge in [-0.05, 0) is 50.6 Å². The maximum atomic E-state index is 14.1. The summed E-state index contributed by atoms with van der Waals surface area (Å²) in [4.78, 5) is 29.5. The third-order valence-electron chi connectivity index (χ3n) is 5.88. The van der Waals surface area contributed by atoms with E-state index >= 15 is 0 Å². The molecule has 3 heterocycles. The minimum absolute atomic E-state index is 0. The summed E-state index contributed by atoms with van der Waals surface area (Å²) in [7, 11) is 1.67. The Labute approximate surface area is 175 Å². The molecule has 0 bridgehead atoms. The summed E-state index contributed by atoms with van der Waals surface area (Å²) in [6.07, 6.45) is 5.16. The van der Waals surface area contributed by atoms with E-state index in [1.165, 1.54) is 15.9 Å². The van der Waals surface area contributed by atoms with Gasteiger partial charge in [0.1, 0.15) is 17.4 Å². The summed E-state index contributed by atoms with van der Waals surface area (Å²) in [6, 6.07) is 7.43. The van der Waals surface area contributed by atoms with E-state index in [1.807, 2.05) is 0 Å². The molecule has 1 unspecified atom stereocenters. The predicted molar refractivity (Wildman–Crippen MR) is 109 cm³/mol. The molecule has 156 valence electrons. The molecule has 1 aromatic heterocycles. The maximum absolute atomic E-state index is 14.1. The molecule has 1 atom stereocenters. The monoisotopic (exact) mass is 421 g/mol. The summed E-state index contributed by atoms with van der Waals surface area (Å²) in [6.45, 7) is 1.80. The van der Waals surface area contributed by atoms with Gasteiger partial charge in [-0.2, -0.15) is 5.10 Å². The highest BCUT2D eigenvalue weighted by Gasteiger charge is 2.47. The first-order chi connectivity index (χ1) is 13.5. The SMILES string of the molecule is CN(C(=O)C1(n2cccn2)CCNCC1)C1CCN(c2ccccc2F)C1=O.Cl. The first-order valence-corrected chi connectivity index (χ1v) is 9.58. The second kappa shape index (κ2) is 8.51. The van der Waals surface area contributed by atoms with Gasteiger partial charge in [0.05, 0.1) is 5.69 Å². The quantitative estimate of drug-likeness (QED) is 0.817. The normalized spacial score (nSPS) is 21.0. The highest BCUT2D eigenvalue weighted by Crippen LogP contribution is 2.32. The number of halogens is 2. The predicted octanol–water partition coefficient (Wildman–Crippen LogP) is 1.79. The van der Waals surface area contributed by atoms with Crippen LogP contribution in [0.25, 0.3) is 0 Å². The van der Waals surface area contributed by atoms with E-state index in [-0.39, 0.29) is 29.9 Å². The molecule has 0 radical (unpaired) electrons. The molecule has 2 saturated heterocycles. The van der Waals surface area contributed by atoms with Crippen LogP contribution in [0.2, 0.25) is 0 Å². The van der Waals surface area contributed by atoms with E-state index in [2.05, 4.69) is 10.4 Å². The number of nitrogens with zero attached hydrogens (tertiary/aromatic N) is 4. The smallest absolute Gasteiger partial charge is 0.251 e. The summed E-state index contributed by atoms with van der Waals surface area (Å²) in [5.41, 5.74) is -0.533. The zero-order valence-electron chi connectivity index (χ0n) is 16.3. The Bertz CT molecular complexity index is 870. The van der Waals surface area contributed by atoms with Crippen LogP contribution in [-0.2, 0) is 15.1 Å². The Balaban J connectivity index is 0.00000240. The lowest BCUT2D eigenvalue weighted by Gasteiger charge is -2.40. The van der Waals surface area contributed by atoms with Gasteiger partial charge in [-0.15, -0.1) is 12.4 Å². The number of hydrogen-bond donors (Lipinski definition) is 1. The van der Waals surface area contributed by atoms with Crippen LogP contribution in [0.4, 0.5) is 10.1 Å². The Morgan fingerprint density at radius 1 is 1.28 bits per heavy atom. The Morgan fingerprint density at radius 2 is 2.00 bits per heavy atom. The minimum Gasteiger partial charge on any atom is -0.332 e. The lowest BCUT2D eigenvalue weighted by Crippen LogP contribution is -2.57. The van der Waals surface area contributed by atoms with E-state index in [1.54, 1.807) is 48.4 Å². The number of piperidine rings is 1. The van der Waals surface area contributed by atoms with E-state index < -0.39 is 17.4 Å². The molecular weight excluding hydrogens is 397 g/mol. The first kappa shape index (κ1) is 21.3. The summed E-state index contributed by atoms with van der Waals surface area (Å²) < 4.78 is 15.9. The van der Waals surface area contributed by atoms with Crippen LogP contribution < -0.4 is 10.2 Å². The van der Waals surface area contributed by atoms with Gasteiger partial charge in [0.15, 0.2) is 0 Å². The van der Waals surface area contributed by atoms with E-state index in [0.29, 0.717) is 38.9 Å². The van der Waals surface area contributed by atoms with Crippen molar-refractivity contribution in [3.05, 3.63) is 48.5 Å². The van der Waals surface area contributed by atoms with Crippen LogP contribution in [0.1, 0.15) is 19.3 Å². The molecule has 4 rings (SSSR count). The standard InChI is InChI=1S/C20H24FN5O2.ClH/c1-24(17-7-14-25(18(17)27)16-6-3-2-5-15(16)21)19(28)20(8-11-22-12-9-20)26-13-4-10-23-26;/h2-6,10,13,17,22H,7-9,11-12,14H2,1H3;1H. The van der Waals surface area contributed by atoms with Crippen LogP contribution in [0.15, 0.2) is 42.7 Å². The molecule has 0 aliphatic carbocycles. The number of nitrogens with one attached hydrogen (secondary N) is 1. The molecular formula is C20H25ClFN5O2. The maximum Gasteiger partial charge on any atom is 0.251 e. The highest BCUT2D eigenvalue weighted by atomic mass is 35.5. The van der Waals surface area contributed by atoms with Gasteiger partial charge in [0.25, 0.3) is 5.91 Å².